The lowest BCUT2D eigenvalue weighted by Crippen LogP contribution is -2.40. The van der Waals surface area contributed by atoms with Crippen LogP contribution in [0.15, 0.2) is 24.4 Å². The highest BCUT2D eigenvalue weighted by Gasteiger charge is 2.30. The number of benzene rings is 1. The van der Waals surface area contributed by atoms with Crippen molar-refractivity contribution in [3.05, 3.63) is 51.3 Å². The van der Waals surface area contributed by atoms with Gasteiger partial charge in [0, 0.05) is 23.3 Å². The predicted molar refractivity (Wildman–Crippen MR) is 95.6 cm³/mol. The average molecular weight is 406 g/mol. The van der Waals surface area contributed by atoms with Gasteiger partial charge in [0.1, 0.15) is 5.69 Å². The van der Waals surface area contributed by atoms with Crippen molar-refractivity contribution in [2.75, 3.05) is 6.61 Å². The Morgan fingerprint density at radius 3 is 2.65 bits per heavy atom. The summed E-state index contributed by atoms with van der Waals surface area (Å²) in [4.78, 5) is 18.2. The number of alkyl halides is 2. The lowest BCUT2D eigenvalue weighted by molar-refractivity contribution is -0.141. The highest BCUT2D eigenvalue weighted by atomic mass is 35.5. The Bertz CT molecular complexity index is 783. The molecule has 5 nitrogen and oxygen atoms in total. The van der Waals surface area contributed by atoms with Crippen LogP contribution in [-0.2, 0) is 18.3 Å². The van der Waals surface area contributed by atoms with Gasteiger partial charge in [0.05, 0.1) is 18.2 Å². The zero-order valence-electron chi connectivity index (χ0n) is 14.5. The first-order valence-electron chi connectivity index (χ1n) is 7.96. The first kappa shape index (κ1) is 20.6. The van der Waals surface area contributed by atoms with Gasteiger partial charge in [-0.15, -0.1) is 0 Å². The van der Waals surface area contributed by atoms with Crippen LogP contribution >= 0.6 is 23.2 Å². The second kappa shape index (κ2) is 8.79. The normalized spacial score (nSPS) is 12.5. The summed E-state index contributed by atoms with van der Waals surface area (Å²) in [7, 11) is 1.48. The molecule has 0 spiro atoms. The molecule has 1 aromatic heterocycles. The van der Waals surface area contributed by atoms with Gasteiger partial charge in [0.15, 0.2) is 0 Å². The number of hydroxylamine groups is 2. The topological polar surface area (TPSA) is 47.4 Å². The molecule has 1 aromatic carbocycles. The number of hydrogen-bond acceptors (Lipinski definition) is 3. The largest absolute Gasteiger partial charge is 0.282 e. The maximum Gasteiger partial charge on any atom is 0.282 e. The van der Waals surface area contributed by atoms with E-state index in [0.29, 0.717) is 16.5 Å². The summed E-state index contributed by atoms with van der Waals surface area (Å²) in [6.45, 7) is 3.66. The number of aryl methyl sites for hydroxylation is 1. The molecule has 0 aliphatic carbocycles. The van der Waals surface area contributed by atoms with Crippen molar-refractivity contribution in [1.82, 2.24) is 14.8 Å². The maximum absolute atomic E-state index is 13.2. The summed E-state index contributed by atoms with van der Waals surface area (Å²) in [5.74, 6) is -0.673. The fourth-order valence-electron chi connectivity index (χ4n) is 2.56. The Hall–Kier alpha value is -1.70. The average Bonchev–Trinajstić information content (AvgIpc) is 2.96. The molecule has 0 saturated heterocycles. The van der Waals surface area contributed by atoms with Crippen molar-refractivity contribution in [2.45, 2.75) is 32.7 Å². The fraction of sp³-hybridized carbons (Fsp3) is 0.412. The van der Waals surface area contributed by atoms with Gasteiger partial charge in [0.2, 0.25) is 0 Å². The predicted octanol–water partition coefficient (Wildman–Crippen LogP) is 4.69. The Morgan fingerprint density at radius 1 is 1.38 bits per heavy atom. The molecule has 142 valence electrons. The molecule has 9 heteroatoms. The van der Waals surface area contributed by atoms with Crippen LogP contribution in [0.1, 0.15) is 41.9 Å². The van der Waals surface area contributed by atoms with Gasteiger partial charge < -0.3 is 0 Å². The van der Waals surface area contributed by atoms with E-state index in [1.54, 1.807) is 32.0 Å². The highest BCUT2D eigenvalue weighted by molar-refractivity contribution is 6.35. The number of hydrogen-bond donors (Lipinski definition) is 0. The van der Waals surface area contributed by atoms with E-state index in [1.807, 2.05) is 0 Å². The summed E-state index contributed by atoms with van der Waals surface area (Å²) in [5, 5.41) is 5.72. The molecule has 0 radical (unpaired) electrons. The van der Waals surface area contributed by atoms with E-state index in [9.17, 15) is 13.6 Å². The fourth-order valence-corrected chi connectivity index (χ4v) is 3.05. The van der Waals surface area contributed by atoms with Gasteiger partial charge in [0.25, 0.3) is 12.3 Å². The molecule has 2 aromatic rings. The van der Waals surface area contributed by atoms with Crippen molar-refractivity contribution in [2.24, 2.45) is 7.05 Å². The van der Waals surface area contributed by atoms with Crippen LogP contribution in [0.3, 0.4) is 0 Å². The summed E-state index contributed by atoms with van der Waals surface area (Å²) in [6.07, 6.45) is -1.23. The SMILES string of the molecule is CCON(C(=O)c1cn(C)nc1C(F)F)C(C)Cc1ccc(Cl)cc1Cl. The number of halogens is 4. The van der Waals surface area contributed by atoms with Crippen molar-refractivity contribution < 1.29 is 18.4 Å². The zero-order chi connectivity index (χ0) is 19.4. The smallest absolute Gasteiger partial charge is 0.275 e. The third-order valence-corrected chi connectivity index (χ3v) is 4.28. The van der Waals surface area contributed by atoms with Gasteiger partial charge in [-0.25, -0.2) is 13.8 Å². The van der Waals surface area contributed by atoms with E-state index in [0.717, 1.165) is 10.6 Å². The minimum absolute atomic E-state index is 0.190. The lowest BCUT2D eigenvalue weighted by atomic mass is 10.1. The van der Waals surface area contributed by atoms with Crippen LogP contribution in [0.2, 0.25) is 10.0 Å². The molecule has 1 unspecified atom stereocenters. The van der Waals surface area contributed by atoms with Gasteiger partial charge in [-0.05, 0) is 38.0 Å². The van der Waals surface area contributed by atoms with Crippen molar-refractivity contribution in [3.63, 3.8) is 0 Å². The number of carbonyl (C=O) groups is 1. The van der Waals surface area contributed by atoms with Crippen LogP contribution in [0.25, 0.3) is 0 Å². The quantitative estimate of drug-likeness (QED) is 0.627. The van der Waals surface area contributed by atoms with Crippen LogP contribution in [0.4, 0.5) is 8.78 Å². The molecule has 1 atom stereocenters. The Balaban J connectivity index is 2.28. The van der Waals surface area contributed by atoms with Crippen molar-refractivity contribution in [1.29, 1.82) is 0 Å². The molecule has 0 fully saturated rings. The Morgan fingerprint density at radius 2 is 2.08 bits per heavy atom. The minimum Gasteiger partial charge on any atom is -0.275 e. The summed E-state index contributed by atoms with van der Waals surface area (Å²) >= 11 is 12.1. The third-order valence-electron chi connectivity index (χ3n) is 3.69. The standard InChI is InChI=1S/C17H19Cl2F2N3O2/c1-4-26-24(10(2)7-11-5-6-12(18)8-14(11)19)17(25)13-9-23(3)22-15(13)16(20)21/h5-6,8-10,16H,4,7H2,1-3H3. The Labute approximate surface area is 160 Å². The van der Waals surface area contributed by atoms with E-state index in [4.69, 9.17) is 28.0 Å². The van der Waals surface area contributed by atoms with Crippen molar-refractivity contribution >= 4 is 29.1 Å². The first-order valence-corrected chi connectivity index (χ1v) is 8.72. The Kier molecular flexibility index (Phi) is 6.97. The number of amides is 1. The van der Waals surface area contributed by atoms with Crippen LogP contribution in [0.5, 0.6) is 0 Å². The van der Waals surface area contributed by atoms with Gasteiger partial charge in [-0.2, -0.15) is 5.10 Å². The molecule has 26 heavy (non-hydrogen) atoms. The minimum atomic E-state index is -2.86. The van der Waals surface area contributed by atoms with E-state index >= 15 is 0 Å². The molecular weight excluding hydrogens is 387 g/mol. The van der Waals surface area contributed by atoms with E-state index in [2.05, 4.69) is 5.10 Å². The molecule has 1 heterocycles. The summed E-state index contributed by atoms with van der Waals surface area (Å²) < 4.78 is 27.5. The number of carbonyl (C=O) groups excluding carboxylic acids is 1. The summed E-state index contributed by atoms with van der Waals surface area (Å²) in [5.41, 5.74) is 0.00488. The third kappa shape index (κ3) is 4.72. The second-order valence-electron chi connectivity index (χ2n) is 5.74. The molecular formula is C17H19Cl2F2N3O2. The molecule has 2 rings (SSSR count). The van der Waals surface area contributed by atoms with Gasteiger partial charge >= 0.3 is 0 Å². The van der Waals surface area contributed by atoms with Crippen LogP contribution in [-0.4, -0.2) is 33.4 Å². The molecule has 0 aliphatic rings. The van der Waals surface area contributed by atoms with Crippen LogP contribution in [0, 0.1) is 0 Å². The van der Waals surface area contributed by atoms with Gasteiger partial charge in [-0.3, -0.25) is 14.3 Å². The zero-order valence-corrected chi connectivity index (χ0v) is 16.1. The van der Waals surface area contributed by atoms with Crippen LogP contribution < -0.4 is 0 Å². The van der Waals surface area contributed by atoms with E-state index in [-0.39, 0.29) is 12.2 Å². The van der Waals surface area contributed by atoms with E-state index in [1.165, 1.54) is 17.9 Å². The lowest BCUT2D eigenvalue weighted by Gasteiger charge is -2.28. The molecule has 0 aliphatic heterocycles. The van der Waals surface area contributed by atoms with Crippen molar-refractivity contribution in [3.8, 4) is 0 Å². The number of rotatable bonds is 7. The van der Waals surface area contributed by atoms with E-state index < -0.39 is 24.1 Å². The molecule has 1 amide bonds. The molecule has 0 bridgehead atoms. The monoisotopic (exact) mass is 405 g/mol. The number of nitrogens with zero attached hydrogens (tertiary/aromatic N) is 3. The first-order chi connectivity index (χ1) is 12.2. The molecule has 0 saturated carbocycles. The van der Waals surface area contributed by atoms with Gasteiger partial charge in [-0.1, -0.05) is 29.3 Å². The second-order valence-corrected chi connectivity index (χ2v) is 6.58. The maximum atomic E-state index is 13.2. The highest BCUT2D eigenvalue weighted by Crippen LogP contribution is 2.26. The molecule has 0 N–H and O–H groups in total. The summed E-state index contributed by atoms with van der Waals surface area (Å²) in [6, 6.07) is 4.60. The number of aromatic nitrogens is 2.